The normalized spacial score (nSPS) is 16.1. The largest absolute Gasteiger partial charge is 0.504 e. The number of carbonyl (C=O) groups excluding carboxylic acids is 1. The van der Waals surface area contributed by atoms with E-state index in [1.807, 2.05) is 26.8 Å². The van der Waals surface area contributed by atoms with Gasteiger partial charge >= 0.3 is 5.97 Å². The van der Waals surface area contributed by atoms with Gasteiger partial charge in [-0.25, -0.2) is 13.2 Å². The quantitative estimate of drug-likeness (QED) is 0.303. The highest BCUT2D eigenvalue weighted by molar-refractivity contribution is 7.95. The molecule has 1 atom stereocenters. The Balaban J connectivity index is 2.06. The lowest BCUT2D eigenvalue weighted by Gasteiger charge is -2.19. The van der Waals surface area contributed by atoms with E-state index in [4.69, 9.17) is 9.15 Å². The van der Waals surface area contributed by atoms with Crippen molar-refractivity contribution in [2.45, 2.75) is 64.1 Å². The zero-order valence-corrected chi connectivity index (χ0v) is 25.1. The van der Waals surface area contributed by atoms with E-state index in [-0.39, 0.29) is 47.0 Å². The van der Waals surface area contributed by atoms with Gasteiger partial charge in [0.25, 0.3) is 20.0 Å². The highest BCUT2D eigenvalue weighted by atomic mass is 32.2. The first-order valence-electron chi connectivity index (χ1n) is 12.5. The fourth-order valence-electron chi connectivity index (χ4n) is 3.89. The van der Waals surface area contributed by atoms with Crippen LogP contribution in [0.2, 0.25) is 0 Å². The molecule has 2 aromatic rings. The Labute approximate surface area is 232 Å². The van der Waals surface area contributed by atoms with Gasteiger partial charge < -0.3 is 24.9 Å². The van der Waals surface area contributed by atoms with E-state index in [9.17, 15) is 26.7 Å². The molecule has 0 radical (unpaired) electrons. The number of rotatable bonds is 12. The molecule has 0 bridgehead atoms. The van der Waals surface area contributed by atoms with Crippen LogP contribution in [0.25, 0.3) is 0 Å². The lowest BCUT2D eigenvalue weighted by molar-refractivity contribution is -0.137. The summed E-state index contributed by atoms with van der Waals surface area (Å²) in [5, 5.41) is 17.9. The fourth-order valence-corrected chi connectivity index (χ4v) is 7.87. The predicted molar refractivity (Wildman–Crippen MR) is 149 cm³/mol. The van der Waals surface area contributed by atoms with Crippen LogP contribution in [0.3, 0.4) is 0 Å². The van der Waals surface area contributed by atoms with E-state index in [2.05, 4.69) is 15.0 Å². The number of hydrogen-bond acceptors (Lipinski definition) is 11. The monoisotopic (exact) mass is 602 g/mol. The van der Waals surface area contributed by atoms with Crippen molar-refractivity contribution in [1.29, 1.82) is 0 Å². The minimum Gasteiger partial charge on any atom is -0.504 e. The number of hydrogen-bond donors (Lipinski definition) is 3. The Hall–Kier alpha value is -2.88. The molecule has 216 valence electrons. The van der Waals surface area contributed by atoms with Crippen LogP contribution in [0, 0.1) is 0 Å². The van der Waals surface area contributed by atoms with E-state index in [0.717, 1.165) is 16.9 Å². The Morgan fingerprint density at radius 2 is 1.90 bits per heavy atom. The molecule has 39 heavy (non-hydrogen) atoms. The molecule has 0 unspecified atom stereocenters. The minimum atomic E-state index is -4.49. The maximum Gasteiger partial charge on any atom is 0.354 e. The summed E-state index contributed by atoms with van der Waals surface area (Å²) in [6, 6.07) is 1.30. The number of carbonyl (C=O) groups is 1. The van der Waals surface area contributed by atoms with Crippen LogP contribution in [-0.2, 0) is 29.6 Å². The third-order valence-electron chi connectivity index (χ3n) is 6.04. The SMILES string of the molecule is CCOC(=O)C1=C(N[C@H](CC)c2cc(C(C)C)co2)C(Nc2csc(S(=O)(=O)N(CC)CC)c2O)=NS1(=O)=O. The Morgan fingerprint density at radius 3 is 2.44 bits per heavy atom. The summed E-state index contributed by atoms with van der Waals surface area (Å²) < 4.78 is 67.2. The summed E-state index contributed by atoms with van der Waals surface area (Å²) in [5.41, 5.74) is 0.680. The predicted octanol–water partition coefficient (Wildman–Crippen LogP) is 3.87. The van der Waals surface area contributed by atoms with Gasteiger partial charge in [-0.3, -0.25) is 0 Å². The van der Waals surface area contributed by atoms with E-state index in [1.54, 1.807) is 27.0 Å². The van der Waals surface area contributed by atoms with E-state index in [0.29, 0.717) is 12.2 Å². The molecule has 0 saturated carbocycles. The number of anilines is 1. The van der Waals surface area contributed by atoms with Crippen LogP contribution in [0.5, 0.6) is 5.75 Å². The molecular formula is C24H34N4O8S3. The number of ether oxygens (including phenoxy) is 1. The molecule has 1 aliphatic rings. The third kappa shape index (κ3) is 6.15. The van der Waals surface area contributed by atoms with E-state index in [1.165, 1.54) is 9.69 Å². The standard InChI is InChI=1S/C24H34N4O8S3/c1-7-16(18-11-15(12-36-18)14(5)6)25-19-21(23(30)35-10-4)38(31,32)27-22(19)26-17-13-37-24(20(17)29)39(33,34)28(8-2)9-3/h11-14,16,25,29H,7-10H2,1-6H3,(H,26,27)/t16-/m1/s1. The minimum absolute atomic E-state index is 0.0705. The van der Waals surface area contributed by atoms with E-state index >= 15 is 0 Å². The summed E-state index contributed by atoms with van der Waals surface area (Å²) in [6.07, 6.45) is 2.07. The number of aromatic hydroxyl groups is 1. The molecule has 0 amide bonds. The molecule has 12 nitrogen and oxygen atoms in total. The zero-order valence-electron chi connectivity index (χ0n) is 22.6. The molecule has 0 aliphatic carbocycles. The average Bonchev–Trinajstić information content (AvgIpc) is 3.55. The van der Waals surface area contributed by atoms with Gasteiger partial charge in [-0.2, -0.15) is 12.7 Å². The number of nitrogens with zero attached hydrogens (tertiary/aromatic N) is 2. The van der Waals surface area contributed by atoms with Crippen LogP contribution in [0.1, 0.15) is 71.2 Å². The maximum atomic E-state index is 13.0. The number of esters is 1. The Kier molecular flexibility index (Phi) is 9.51. The van der Waals surface area contributed by atoms with Crippen molar-refractivity contribution >= 4 is 48.9 Å². The highest BCUT2D eigenvalue weighted by Crippen LogP contribution is 2.40. The summed E-state index contributed by atoms with van der Waals surface area (Å²) >= 11 is 0.773. The van der Waals surface area contributed by atoms with Crippen LogP contribution in [-0.4, -0.2) is 57.7 Å². The van der Waals surface area contributed by atoms with Crippen LogP contribution < -0.4 is 10.6 Å². The molecule has 0 fully saturated rings. The highest BCUT2D eigenvalue weighted by Gasteiger charge is 2.40. The topological polar surface area (TPSA) is 168 Å². The number of sulfonamides is 2. The van der Waals surface area contributed by atoms with Gasteiger partial charge in [0.1, 0.15) is 11.5 Å². The van der Waals surface area contributed by atoms with Crippen molar-refractivity contribution in [3.8, 4) is 5.75 Å². The molecule has 0 aromatic carbocycles. The van der Waals surface area contributed by atoms with Crippen LogP contribution in [0.15, 0.2) is 41.3 Å². The van der Waals surface area contributed by atoms with Gasteiger partial charge in [0, 0.05) is 18.5 Å². The lowest BCUT2D eigenvalue weighted by Crippen LogP contribution is -2.30. The smallest absolute Gasteiger partial charge is 0.354 e. The first-order chi connectivity index (χ1) is 18.3. The summed E-state index contributed by atoms with van der Waals surface area (Å²) in [7, 11) is -8.48. The van der Waals surface area contributed by atoms with Gasteiger partial charge in [-0.15, -0.1) is 15.7 Å². The lowest BCUT2D eigenvalue weighted by atomic mass is 10.1. The second-order valence-corrected chi connectivity index (χ2v) is 13.4. The average molecular weight is 603 g/mol. The van der Waals surface area contributed by atoms with Gasteiger partial charge in [-0.05, 0) is 30.9 Å². The van der Waals surface area contributed by atoms with Gasteiger partial charge in [0.15, 0.2) is 15.8 Å². The van der Waals surface area contributed by atoms with E-state index < -0.39 is 42.7 Å². The second kappa shape index (κ2) is 12.1. The number of nitrogens with one attached hydrogen (secondary N) is 2. The van der Waals surface area contributed by atoms with Crippen molar-refractivity contribution in [3.63, 3.8) is 0 Å². The van der Waals surface area contributed by atoms with Crippen molar-refractivity contribution in [2.75, 3.05) is 25.0 Å². The van der Waals surface area contributed by atoms with Crippen molar-refractivity contribution in [1.82, 2.24) is 9.62 Å². The molecule has 0 saturated heterocycles. The third-order valence-corrected chi connectivity index (χ3v) is 10.9. The number of thiophene rings is 1. The first kappa shape index (κ1) is 30.7. The molecule has 0 spiro atoms. The molecule has 3 heterocycles. The summed E-state index contributed by atoms with van der Waals surface area (Å²) in [5.74, 6) is -1.27. The Morgan fingerprint density at radius 1 is 1.23 bits per heavy atom. The summed E-state index contributed by atoms with van der Waals surface area (Å²) in [4.78, 5) is 12.1. The number of furan rings is 1. The van der Waals surface area contributed by atoms with Crippen molar-refractivity contribution in [3.05, 3.63) is 39.6 Å². The molecule has 1 aliphatic heterocycles. The van der Waals surface area contributed by atoms with Crippen molar-refractivity contribution in [2.24, 2.45) is 4.40 Å². The van der Waals surface area contributed by atoms with Gasteiger partial charge in [0.05, 0.1) is 24.6 Å². The maximum absolute atomic E-state index is 13.0. The number of amidine groups is 1. The summed E-state index contributed by atoms with van der Waals surface area (Å²) in [6.45, 7) is 11.1. The molecule has 3 N–H and O–H groups in total. The second-order valence-electron chi connectivity index (χ2n) is 8.88. The Bertz CT molecular complexity index is 1480. The van der Waals surface area contributed by atoms with Crippen LogP contribution in [0.4, 0.5) is 5.69 Å². The van der Waals surface area contributed by atoms with Crippen molar-refractivity contribution < 1.29 is 35.9 Å². The first-order valence-corrected chi connectivity index (χ1v) is 16.3. The molecular weight excluding hydrogens is 568 g/mol. The van der Waals surface area contributed by atoms with Crippen LogP contribution >= 0.6 is 11.3 Å². The van der Waals surface area contributed by atoms with Gasteiger partial charge in [-0.1, -0.05) is 34.6 Å². The van der Waals surface area contributed by atoms with Gasteiger partial charge in [0.2, 0.25) is 4.91 Å². The zero-order chi connectivity index (χ0) is 29.1. The fraction of sp³-hybridized carbons (Fsp3) is 0.500. The molecule has 3 rings (SSSR count). The molecule has 2 aromatic heterocycles. The molecule has 15 heteroatoms.